The van der Waals surface area contributed by atoms with Crippen molar-refractivity contribution in [2.75, 3.05) is 13.7 Å². The van der Waals surface area contributed by atoms with Crippen LogP contribution in [0.5, 0.6) is 0 Å². The summed E-state index contributed by atoms with van der Waals surface area (Å²) in [5.74, 6) is -0.0630. The highest BCUT2D eigenvalue weighted by atomic mass is 32.1. The van der Waals surface area contributed by atoms with E-state index in [1.54, 1.807) is 30.1 Å². The van der Waals surface area contributed by atoms with Crippen LogP contribution in [0.4, 0.5) is 9.59 Å². The van der Waals surface area contributed by atoms with E-state index in [1.165, 1.54) is 16.2 Å². The molecule has 5 rings (SSSR count). The summed E-state index contributed by atoms with van der Waals surface area (Å²) in [6.07, 6.45) is 3.39. The number of hydrogen-bond acceptors (Lipinski definition) is 9. The molecule has 2 heterocycles. The minimum absolute atomic E-state index is 0.0314. The predicted molar refractivity (Wildman–Crippen MR) is 217 cm³/mol. The Morgan fingerprint density at radius 2 is 1.36 bits per heavy atom. The van der Waals surface area contributed by atoms with E-state index in [2.05, 4.69) is 39.8 Å². The molecule has 0 aliphatic heterocycles. The van der Waals surface area contributed by atoms with Crippen LogP contribution in [0.15, 0.2) is 108 Å². The van der Waals surface area contributed by atoms with Gasteiger partial charge in [0.15, 0.2) is 0 Å². The second-order valence-corrected chi connectivity index (χ2v) is 15.6. The summed E-state index contributed by atoms with van der Waals surface area (Å²) in [4.78, 5) is 51.8. The number of ether oxygens (including phenoxy) is 2. The van der Waals surface area contributed by atoms with Gasteiger partial charge in [-0.25, -0.2) is 14.6 Å². The number of carbonyl (C=O) groups is 3. The fourth-order valence-electron chi connectivity index (χ4n) is 5.90. The Hall–Kier alpha value is -5.11. The Balaban J connectivity index is 1.28. The van der Waals surface area contributed by atoms with Crippen molar-refractivity contribution in [1.29, 1.82) is 0 Å². The van der Waals surface area contributed by atoms with Crippen LogP contribution in [0.2, 0.25) is 0 Å². The number of carbonyl (C=O) groups excluding carboxylic acids is 3. The summed E-state index contributed by atoms with van der Waals surface area (Å²) in [6.45, 7) is 4.86. The summed E-state index contributed by atoms with van der Waals surface area (Å²) in [6, 6.07) is 27.6. The van der Waals surface area contributed by atoms with E-state index in [9.17, 15) is 14.4 Å². The number of rotatable bonds is 20. The van der Waals surface area contributed by atoms with Crippen LogP contribution in [0, 0.1) is 0 Å². The normalized spacial score (nSPS) is 12.7. The standard InChI is InChI=1S/C42H50N6O5S2/c1-30(2)40-45-36(28-54-40)24-48(3)41(50)47-38(27-52-25-33-17-11-6-12-18-33)39(49)44-34(21-31-13-7-4-8-14-31)19-20-35(22-32-15-9-5-10-16-32)46-42(51)53-26-37-23-43-29-55-37/h4-18,23,28-30,34-35,38H,19-22,24-27H2,1-3H3,(H,44,49)(H,46,51)(H,47,50). The van der Waals surface area contributed by atoms with Gasteiger partial charge in [0, 0.05) is 36.6 Å². The van der Waals surface area contributed by atoms with E-state index in [0.29, 0.717) is 38.1 Å². The lowest BCUT2D eigenvalue weighted by Gasteiger charge is -2.27. The van der Waals surface area contributed by atoms with Gasteiger partial charge in [-0.3, -0.25) is 9.78 Å². The zero-order valence-electron chi connectivity index (χ0n) is 31.6. The Labute approximate surface area is 331 Å². The molecule has 3 N–H and O–H groups in total. The molecule has 13 heteroatoms. The number of nitrogens with one attached hydrogen (secondary N) is 3. The topological polar surface area (TPSA) is 135 Å². The Kier molecular flexibility index (Phi) is 16.2. The number of alkyl carbamates (subject to hydrolysis) is 1. The minimum atomic E-state index is -0.974. The molecule has 3 atom stereocenters. The van der Waals surface area contributed by atoms with Gasteiger partial charge in [0.2, 0.25) is 5.91 Å². The van der Waals surface area contributed by atoms with Crippen LogP contribution in [0.3, 0.4) is 0 Å². The Bertz CT molecular complexity index is 1880. The Morgan fingerprint density at radius 3 is 1.93 bits per heavy atom. The van der Waals surface area contributed by atoms with Crippen molar-refractivity contribution in [3.05, 3.63) is 140 Å². The largest absolute Gasteiger partial charge is 0.444 e. The lowest BCUT2D eigenvalue weighted by atomic mass is 9.96. The lowest BCUT2D eigenvalue weighted by molar-refractivity contribution is -0.125. The average Bonchev–Trinajstić information content (AvgIpc) is 3.90. The first kappa shape index (κ1) is 41.1. The van der Waals surface area contributed by atoms with Gasteiger partial charge in [-0.15, -0.1) is 22.7 Å². The Morgan fingerprint density at radius 1 is 0.764 bits per heavy atom. The van der Waals surface area contributed by atoms with Gasteiger partial charge in [0.25, 0.3) is 0 Å². The van der Waals surface area contributed by atoms with Crippen molar-refractivity contribution < 1.29 is 23.9 Å². The molecule has 3 unspecified atom stereocenters. The van der Waals surface area contributed by atoms with Crippen LogP contribution in [-0.4, -0.2) is 64.7 Å². The molecule has 55 heavy (non-hydrogen) atoms. The van der Waals surface area contributed by atoms with Crippen molar-refractivity contribution in [2.45, 2.75) is 83.3 Å². The smallest absolute Gasteiger partial charge is 0.407 e. The van der Waals surface area contributed by atoms with E-state index in [1.807, 2.05) is 96.4 Å². The molecular formula is C42H50N6O5S2. The monoisotopic (exact) mass is 782 g/mol. The maximum absolute atomic E-state index is 14.2. The molecule has 11 nitrogen and oxygen atoms in total. The molecular weight excluding hydrogens is 733 g/mol. The van der Waals surface area contributed by atoms with Gasteiger partial charge in [-0.05, 0) is 42.4 Å². The quantitative estimate of drug-likeness (QED) is 0.0745. The minimum Gasteiger partial charge on any atom is -0.444 e. The molecule has 0 saturated heterocycles. The van der Waals surface area contributed by atoms with Crippen molar-refractivity contribution in [3.8, 4) is 0 Å². The molecule has 0 saturated carbocycles. The highest BCUT2D eigenvalue weighted by molar-refractivity contribution is 7.09. The predicted octanol–water partition coefficient (Wildman–Crippen LogP) is 7.50. The first-order valence-electron chi connectivity index (χ1n) is 18.5. The number of aromatic nitrogens is 2. The van der Waals surface area contributed by atoms with Crippen molar-refractivity contribution in [3.63, 3.8) is 0 Å². The second-order valence-electron chi connectivity index (χ2n) is 13.7. The molecule has 0 aliphatic rings. The van der Waals surface area contributed by atoms with Gasteiger partial charge >= 0.3 is 12.1 Å². The number of urea groups is 1. The van der Waals surface area contributed by atoms with Crippen LogP contribution in [0.25, 0.3) is 0 Å². The van der Waals surface area contributed by atoms with Gasteiger partial charge in [-0.2, -0.15) is 0 Å². The molecule has 3 aromatic carbocycles. The summed E-state index contributed by atoms with van der Waals surface area (Å²) in [7, 11) is 1.68. The van der Waals surface area contributed by atoms with Gasteiger partial charge < -0.3 is 30.3 Å². The maximum atomic E-state index is 14.2. The SMILES string of the molecule is CC(C)c1nc(CN(C)C(=O)NC(COCc2ccccc2)C(=O)NC(CCC(Cc2ccccc2)NC(=O)OCc2cncs2)Cc2ccccc2)cs1. The number of thiazole rings is 2. The van der Waals surface area contributed by atoms with E-state index in [0.717, 1.165) is 32.3 Å². The molecule has 4 amide bonds. The zero-order chi connectivity index (χ0) is 38.8. The van der Waals surface area contributed by atoms with Crippen LogP contribution in [0.1, 0.15) is 64.9 Å². The summed E-state index contributed by atoms with van der Waals surface area (Å²) in [5.41, 5.74) is 5.57. The summed E-state index contributed by atoms with van der Waals surface area (Å²) >= 11 is 3.00. The number of benzene rings is 3. The fraction of sp³-hybridized carbons (Fsp3) is 0.357. The first-order valence-corrected chi connectivity index (χ1v) is 20.2. The lowest BCUT2D eigenvalue weighted by Crippen LogP contribution is -2.54. The van der Waals surface area contributed by atoms with Crippen LogP contribution in [-0.2, 0) is 46.9 Å². The molecule has 0 bridgehead atoms. The molecule has 0 radical (unpaired) electrons. The third kappa shape index (κ3) is 14.2. The molecule has 0 spiro atoms. The highest BCUT2D eigenvalue weighted by Gasteiger charge is 2.27. The van der Waals surface area contributed by atoms with Gasteiger partial charge in [0.05, 0.1) is 40.8 Å². The van der Waals surface area contributed by atoms with Crippen LogP contribution < -0.4 is 16.0 Å². The number of nitrogens with zero attached hydrogens (tertiary/aromatic N) is 3. The molecule has 0 fully saturated rings. The highest BCUT2D eigenvalue weighted by Crippen LogP contribution is 2.20. The van der Waals surface area contributed by atoms with E-state index >= 15 is 0 Å². The average molecular weight is 783 g/mol. The fourth-order valence-corrected chi connectivity index (χ4v) is 7.23. The number of hydrogen-bond donors (Lipinski definition) is 3. The van der Waals surface area contributed by atoms with E-state index < -0.39 is 18.2 Å². The maximum Gasteiger partial charge on any atom is 0.407 e. The number of amides is 4. The van der Waals surface area contributed by atoms with Crippen molar-refractivity contribution >= 4 is 40.7 Å². The van der Waals surface area contributed by atoms with E-state index in [-0.39, 0.29) is 37.8 Å². The molecule has 2 aromatic heterocycles. The first-order chi connectivity index (χ1) is 26.7. The van der Waals surface area contributed by atoms with Crippen LogP contribution >= 0.6 is 22.7 Å². The van der Waals surface area contributed by atoms with E-state index in [4.69, 9.17) is 9.47 Å². The second kappa shape index (κ2) is 21.7. The third-order valence-corrected chi connectivity index (χ3v) is 10.8. The third-order valence-electron chi connectivity index (χ3n) is 8.83. The van der Waals surface area contributed by atoms with Crippen molar-refractivity contribution in [1.82, 2.24) is 30.8 Å². The molecule has 5 aromatic rings. The zero-order valence-corrected chi connectivity index (χ0v) is 33.2. The van der Waals surface area contributed by atoms with Gasteiger partial charge in [-0.1, -0.05) is 105 Å². The molecule has 0 aliphatic carbocycles. The van der Waals surface area contributed by atoms with Gasteiger partial charge in [0.1, 0.15) is 12.6 Å². The summed E-state index contributed by atoms with van der Waals surface area (Å²) < 4.78 is 11.5. The van der Waals surface area contributed by atoms with Crippen molar-refractivity contribution in [2.24, 2.45) is 0 Å². The molecule has 290 valence electrons. The summed E-state index contributed by atoms with van der Waals surface area (Å²) in [5, 5.41) is 12.2.